The largest absolute Gasteiger partial charge is 0.488 e. The van der Waals surface area contributed by atoms with Gasteiger partial charge in [0.1, 0.15) is 18.1 Å². The molecule has 0 bridgehead atoms. The molecule has 0 aromatic carbocycles. The number of carbonyl (C=O) groups excluding carboxylic acids is 1. The number of aromatic nitrogens is 1. The lowest BCUT2D eigenvalue weighted by atomic mass is 10.1. The number of likely N-dealkylation sites (tertiary alicyclic amines) is 1. The Morgan fingerprint density at radius 1 is 1.59 bits per heavy atom. The van der Waals surface area contributed by atoms with Crippen LogP contribution in [0.4, 0.5) is 8.78 Å². The quantitative estimate of drug-likeness (QED) is 0.873. The zero-order valence-electron chi connectivity index (χ0n) is 12.4. The Kier molecular flexibility index (Phi) is 5.65. The summed E-state index contributed by atoms with van der Waals surface area (Å²) in [7, 11) is 0. The predicted molar refractivity (Wildman–Crippen MR) is 76.1 cm³/mol. The minimum atomic E-state index is -2.57. The second-order valence-electron chi connectivity index (χ2n) is 5.46. The standard InChI is InChI=1S/C15H20F2N2O3/c1-10(20)7-11-3-2-6-19(11)15(21)13-8-12(4-5-18-13)22-9-14(16)17/h4-5,8,10-11,14,20H,2-3,6-7,9H2,1H3. The van der Waals surface area contributed by atoms with Crippen LogP contribution in [-0.2, 0) is 0 Å². The maximum atomic E-state index is 12.5. The summed E-state index contributed by atoms with van der Waals surface area (Å²) in [6.45, 7) is 1.59. The average molecular weight is 314 g/mol. The molecular weight excluding hydrogens is 294 g/mol. The van der Waals surface area contributed by atoms with Gasteiger partial charge in [0, 0.05) is 24.8 Å². The van der Waals surface area contributed by atoms with Gasteiger partial charge in [-0.1, -0.05) is 0 Å². The van der Waals surface area contributed by atoms with Crippen LogP contribution in [0.5, 0.6) is 5.75 Å². The third-order valence-corrected chi connectivity index (χ3v) is 3.58. The summed E-state index contributed by atoms with van der Waals surface area (Å²) >= 11 is 0. The van der Waals surface area contributed by atoms with Gasteiger partial charge in [0.2, 0.25) is 0 Å². The number of halogens is 2. The number of pyridine rings is 1. The van der Waals surface area contributed by atoms with E-state index in [2.05, 4.69) is 4.98 Å². The van der Waals surface area contributed by atoms with E-state index in [0.29, 0.717) is 13.0 Å². The normalized spacial score (nSPS) is 19.5. The van der Waals surface area contributed by atoms with Gasteiger partial charge in [-0.2, -0.15) is 0 Å². The molecule has 2 heterocycles. The monoisotopic (exact) mass is 314 g/mol. The number of carbonyl (C=O) groups is 1. The van der Waals surface area contributed by atoms with Crippen LogP contribution < -0.4 is 4.74 Å². The van der Waals surface area contributed by atoms with Crippen LogP contribution in [0, 0.1) is 0 Å². The van der Waals surface area contributed by atoms with E-state index in [-0.39, 0.29) is 23.4 Å². The van der Waals surface area contributed by atoms with Gasteiger partial charge in [-0.15, -0.1) is 0 Å². The Balaban J connectivity index is 2.06. The van der Waals surface area contributed by atoms with Crippen LogP contribution in [0.2, 0.25) is 0 Å². The van der Waals surface area contributed by atoms with Gasteiger partial charge in [-0.25, -0.2) is 8.78 Å². The lowest BCUT2D eigenvalue weighted by Crippen LogP contribution is -2.37. The first-order valence-electron chi connectivity index (χ1n) is 7.33. The first-order chi connectivity index (χ1) is 10.5. The fourth-order valence-electron chi connectivity index (χ4n) is 2.67. The lowest BCUT2D eigenvalue weighted by Gasteiger charge is -2.25. The van der Waals surface area contributed by atoms with E-state index in [1.165, 1.54) is 18.3 Å². The highest BCUT2D eigenvalue weighted by Gasteiger charge is 2.30. The zero-order valence-corrected chi connectivity index (χ0v) is 12.4. The van der Waals surface area contributed by atoms with Crippen molar-refractivity contribution in [3.05, 3.63) is 24.0 Å². The van der Waals surface area contributed by atoms with E-state index < -0.39 is 19.1 Å². The molecule has 0 spiro atoms. The molecule has 1 aromatic rings. The Bertz CT molecular complexity index is 511. The van der Waals surface area contributed by atoms with Crippen LogP contribution in [0.3, 0.4) is 0 Å². The number of hydrogen-bond donors (Lipinski definition) is 1. The molecule has 5 nitrogen and oxygen atoms in total. The maximum absolute atomic E-state index is 12.5. The fraction of sp³-hybridized carbons (Fsp3) is 0.600. The smallest absolute Gasteiger partial charge is 0.272 e. The van der Waals surface area contributed by atoms with Crippen molar-refractivity contribution in [2.75, 3.05) is 13.2 Å². The van der Waals surface area contributed by atoms with E-state index in [1.54, 1.807) is 11.8 Å². The molecule has 1 fully saturated rings. The van der Waals surface area contributed by atoms with Crippen LogP contribution >= 0.6 is 0 Å². The maximum Gasteiger partial charge on any atom is 0.272 e. The molecule has 1 saturated heterocycles. The van der Waals surface area contributed by atoms with Crippen molar-refractivity contribution in [1.82, 2.24) is 9.88 Å². The zero-order chi connectivity index (χ0) is 16.1. The van der Waals surface area contributed by atoms with E-state index in [1.807, 2.05) is 0 Å². The molecular formula is C15H20F2N2O3. The van der Waals surface area contributed by atoms with Crippen LogP contribution in [0.15, 0.2) is 18.3 Å². The van der Waals surface area contributed by atoms with Crippen molar-refractivity contribution in [1.29, 1.82) is 0 Å². The van der Waals surface area contributed by atoms with Gasteiger partial charge < -0.3 is 14.7 Å². The first-order valence-corrected chi connectivity index (χ1v) is 7.33. The molecule has 0 aliphatic carbocycles. The molecule has 1 aliphatic rings. The number of amides is 1. The lowest BCUT2D eigenvalue weighted by molar-refractivity contribution is 0.0674. The molecule has 1 aliphatic heterocycles. The topological polar surface area (TPSA) is 62.7 Å². The summed E-state index contributed by atoms with van der Waals surface area (Å²) < 4.78 is 29.2. The highest BCUT2D eigenvalue weighted by molar-refractivity contribution is 5.93. The molecule has 7 heteroatoms. The van der Waals surface area contributed by atoms with Crippen molar-refractivity contribution < 1.29 is 23.4 Å². The van der Waals surface area contributed by atoms with Gasteiger partial charge in [0.05, 0.1) is 6.10 Å². The van der Waals surface area contributed by atoms with Gasteiger partial charge in [0.15, 0.2) is 0 Å². The van der Waals surface area contributed by atoms with Crippen molar-refractivity contribution >= 4 is 5.91 Å². The molecule has 2 unspecified atom stereocenters. The summed E-state index contributed by atoms with van der Waals surface area (Å²) in [5.74, 6) is -0.0597. The number of ether oxygens (including phenoxy) is 1. The molecule has 1 aromatic heterocycles. The number of aliphatic hydroxyl groups is 1. The number of aliphatic hydroxyl groups excluding tert-OH is 1. The molecule has 0 radical (unpaired) electrons. The van der Waals surface area contributed by atoms with Crippen molar-refractivity contribution in [2.45, 2.75) is 44.8 Å². The molecule has 1 amide bonds. The van der Waals surface area contributed by atoms with Crippen molar-refractivity contribution in [3.8, 4) is 5.75 Å². The highest BCUT2D eigenvalue weighted by Crippen LogP contribution is 2.24. The third kappa shape index (κ3) is 4.37. The van der Waals surface area contributed by atoms with Crippen molar-refractivity contribution in [3.63, 3.8) is 0 Å². The van der Waals surface area contributed by atoms with E-state index in [4.69, 9.17) is 4.74 Å². The molecule has 22 heavy (non-hydrogen) atoms. The highest BCUT2D eigenvalue weighted by atomic mass is 19.3. The van der Waals surface area contributed by atoms with Gasteiger partial charge in [0.25, 0.3) is 12.3 Å². The predicted octanol–water partition coefficient (Wildman–Crippen LogP) is 2.10. The minimum absolute atomic E-state index is 0.0139. The molecule has 2 rings (SSSR count). The minimum Gasteiger partial charge on any atom is -0.488 e. The van der Waals surface area contributed by atoms with E-state index in [9.17, 15) is 18.7 Å². The summed E-state index contributed by atoms with van der Waals surface area (Å²) in [4.78, 5) is 18.2. The molecule has 0 saturated carbocycles. The Labute approximate surface area is 127 Å². The number of alkyl halides is 2. The molecule has 122 valence electrons. The third-order valence-electron chi connectivity index (χ3n) is 3.58. The second kappa shape index (κ2) is 7.49. The van der Waals surface area contributed by atoms with Gasteiger partial charge in [-0.3, -0.25) is 9.78 Å². The van der Waals surface area contributed by atoms with Crippen LogP contribution in [0.25, 0.3) is 0 Å². The fourth-order valence-corrected chi connectivity index (χ4v) is 2.67. The second-order valence-corrected chi connectivity index (χ2v) is 5.46. The van der Waals surface area contributed by atoms with Crippen LogP contribution in [-0.4, -0.2) is 52.6 Å². The average Bonchev–Trinajstić information content (AvgIpc) is 2.92. The summed E-state index contributed by atoms with van der Waals surface area (Å²) in [6.07, 6.45) is 0.567. The number of rotatable bonds is 6. The van der Waals surface area contributed by atoms with E-state index in [0.717, 1.165) is 12.8 Å². The molecule has 1 N–H and O–H groups in total. The summed E-state index contributed by atoms with van der Waals surface area (Å²) in [5.41, 5.74) is 0.171. The first kappa shape index (κ1) is 16.6. The van der Waals surface area contributed by atoms with Gasteiger partial charge >= 0.3 is 0 Å². The Hall–Kier alpha value is -1.76. The Morgan fingerprint density at radius 3 is 3.05 bits per heavy atom. The van der Waals surface area contributed by atoms with Crippen LogP contribution in [0.1, 0.15) is 36.7 Å². The van der Waals surface area contributed by atoms with Gasteiger partial charge in [-0.05, 0) is 32.3 Å². The van der Waals surface area contributed by atoms with Crippen molar-refractivity contribution in [2.24, 2.45) is 0 Å². The molecule has 2 atom stereocenters. The summed E-state index contributed by atoms with van der Waals surface area (Å²) in [5, 5.41) is 9.50. The SMILES string of the molecule is CC(O)CC1CCCN1C(=O)c1cc(OCC(F)F)ccn1. The van der Waals surface area contributed by atoms with E-state index >= 15 is 0 Å². The number of nitrogens with zero attached hydrogens (tertiary/aromatic N) is 2. The number of hydrogen-bond acceptors (Lipinski definition) is 4. The Morgan fingerprint density at radius 2 is 2.36 bits per heavy atom. The summed E-state index contributed by atoms with van der Waals surface area (Å²) in [6, 6.07) is 2.80.